The lowest BCUT2D eigenvalue weighted by Gasteiger charge is -2.45. The number of esters is 1. The number of hydrogen-bond acceptors (Lipinski definition) is 7. The second kappa shape index (κ2) is 6.25. The molecule has 1 N–H and O–H groups in total. The fourth-order valence-electron chi connectivity index (χ4n) is 3.41. The van der Waals surface area contributed by atoms with Crippen LogP contribution in [-0.2, 0) is 19.1 Å². The summed E-state index contributed by atoms with van der Waals surface area (Å²) >= 11 is 0. The quantitative estimate of drug-likeness (QED) is 0.199. The lowest BCUT2D eigenvalue weighted by Crippen LogP contribution is -2.65. The van der Waals surface area contributed by atoms with E-state index in [0.29, 0.717) is 0 Å². The largest absolute Gasteiger partial charge is 0.393 e. The first-order valence-electron chi connectivity index (χ1n) is 7.74. The summed E-state index contributed by atoms with van der Waals surface area (Å²) in [4.78, 5) is 48.1. The van der Waals surface area contributed by atoms with Crippen LogP contribution in [-0.4, -0.2) is 50.8 Å². The highest BCUT2D eigenvalue weighted by atomic mass is 16.7. The Labute approximate surface area is 142 Å². The summed E-state index contributed by atoms with van der Waals surface area (Å²) in [7, 11) is 0. The number of carbonyl (C=O) groups is 3. The predicted octanol–water partition coefficient (Wildman–Crippen LogP) is 0.0543. The van der Waals surface area contributed by atoms with E-state index in [1.807, 2.05) is 0 Å². The van der Waals surface area contributed by atoms with Crippen LogP contribution in [0.15, 0.2) is 30.3 Å². The van der Waals surface area contributed by atoms with Gasteiger partial charge in [-0.2, -0.15) is 0 Å². The summed E-state index contributed by atoms with van der Waals surface area (Å²) in [6, 6.07) is 5.58. The van der Waals surface area contributed by atoms with Crippen LogP contribution in [0.4, 0.5) is 0 Å². The van der Waals surface area contributed by atoms with E-state index >= 15 is 0 Å². The van der Waals surface area contributed by atoms with Gasteiger partial charge in [0, 0.05) is 6.42 Å². The number of nitrogens with zero attached hydrogens (tertiary/aromatic N) is 2. The van der Waals surface area contributed by atoms with Crippen molar-refractivity contribution in [2.45, 2.75) is 37.8 Å². The lowest BCUT2D eigenvalue weighted by molar-refractivity contribution is -0.576. The van der Waals surface area contributed by atoms with Crippen molar-refractivity contribution >= 4 is 17.7 Å². The molecule has 0 aliphatic carbocycles. The van der Waals surface area contributed by atoms with Gasteiger partial charge < -0.3 is 14.7 Å². The zero-order valence-electron chi connectivity index (χ0n) is 13.3. The number of aliphatic hydroxyl groups excluding tert-OH is 1. The van der Waals surface area contributed by atoms with Crippen molar-refractivity contribution < 1.29 is 29.2 Å². The summed E-state index contributed by atoms with van der Waals surface area (Å²) < 4.78 is 4.93. The minimum absolute atomic E-state index is 0.0739. The van der Waals surface area contributed by atoms with Gasteiger partial charge in [-0.1, -0.05) is 18.2 Å². The molecule has 2 aliphatic heterocycles. The van der Waals surface area contributed by atoms with Gasteiger partial charge in [0.1, 0.15) is 0 Å². The molecule has 3 rings (SSSR count). The minimum atomic E-state index is -1.76. The third-order valence-corrected chi connectivity index (χ3v) is 4.55. The molecule has 2 fully saturated rings. The third kappa shape index (κ3) is 2.76. The fourth-order valence-corrected chi connectivity index (χ4v) is 3.41. The highest BCUT2D eigenvalue weighted by Gasteiger charge is 2.61. The number of amides is 1. The number of carbonyl (C=O) groups excluding carboxylic acids is 3. The van der Waals surface area contributed by atoms with Crippen molar-refractivity contribution in [2.75, 3.05) is 0 Å². The first-order valence-corrected chi connectivity index (χ1v) is 7.74. The van der Waals surface area contributed by atoms with Crippen molar-refractivity contribution in [3.05, 3.63) is 46.0 Å². The van der Waals surface area contributed by atoms with E-state index in [1.165, 1.54) is 19.1 Å². The molecule has 132 valence electrons. The van der Waals surface area contributed by atoms with Crippen LogP contribution in [0.2, 0.25) is 0 Å². The number of fused-ring (bicyclic) bond motifs is 1. The smallest absolute Gasteiger partial charge is 0.382 e. The molecule has 0 spiro atoms. The van der Waals surface area contributed by atoms with Gasteiger partial charge in [0.25, 0.3) is 0 Å². The van der Waals surface area contributed by atoms with E-state index in [4.69, 9.17) is 4.74 Å². The first-order chi connectivity index (χ1) is 11.8. The molecule has 9 heteroatoms. The molecule has 2 heterocycles. The molecule has 5 unspecified atom stereocenters. The number of hydrogen-bond donors (Lipinski definition) is 1. The summed E-state index contributed by atoms with van der Waals surface area (Å²) in [5, 5.41) is 20.8. The molecule has 1 amide bonds. The van der Waals surface area contributed by atoms with Crippen LogP contribution in [0.1, 0.15) is 25.1 Å². The molecule has 2 saturated heterocycles. The zero-order chi connectivity index (χ0) is 18.3. The molecular formula is C16H16N2O7. The molecule has 0 aromatic heterocycles. The van der Waals surface area contributed by atoms with Gasteiger partial charge in [-0.3, -0.25) is 19.7 Å². The molecule has 1 aromatic rings. The predicted molar refractivity (Wildman–Crippen MR) is 81.5 cm³/mol. The Kier molecular flexibility index (Phi) is 4.25. The number of aliphatic hydroxyl groups is 1. The molecule has 2 aliphatic rings. The third-order valence-electron chi connectivity index (χ3n) is 4.55. The maximum Gasteiger partial charge on any atom is 0.382 e. The van der Waals surface area contributed by atoms with Crippen LogP contribution >= 0.6 is 0 Å². The summed E-state index contributed by atoms with van der Waals surface area (Å²) in [5.41, 5.74) is 0.152. The Bertz CT molecular complexity index is 733. The number of ketones is 1. The zero-order valence-corrected chi connectivity index (χ0v) is 13.3. The molecular weight excluding hydrogens is 332 g/mol. The molecule has 0 bridgehead atoms. The van der Waals surface area contributed by atoms with Crippen molar-refractivity contribution in [1.82, 2.24) is 4.90 Å². The minimum Gasteiger partial charge on any atom is -0.393 e. The van der Waals surface area contributed by atoms with E-state index < -0.39 is 52.9 Å². The molecule has 1 aromatic carbocycles. The van der Waals surface area contributed by atoms with Crippen molar-refractivity contribution in [3.63, 3.8) is 0 Å². The molecule has 0 radical (unpaired) electrons. The van der Waals surface area contributed by atoms with E-state index in [0.717, 1.165) is 4.90 Å². The van der Waals surface area contributed by atoms with Crippen molar-refractivity contribution in [2.24, 2.45) is 5.92 Å². The Balaban J connectivity index is 1.78. The Morgan fingerprint density at radius 3 is 2.56 bits per heavy atom. The second-order valence-electron chi connectivity index (χ2n) is 6.14. The van der Waals surface area contributed by atoms with Crippen LogP contribution in [0, 0.1) is 16.0 Å². The summed E-state index contributed by atoms with van der Waals surface area (Å²) in [6.45, 7) is 1.44. The topological polar surface area (TPSA) is 127 Å². The van der Waals surface area contributed by atoms with Gasteiger partial charge in [-0.05, 0) is 19.1 Å². The maximum absolute atomic E-state index is 12.4. The number of ether oxygens (including phenoxy) is 1. The van der Waals surface area contributed by atoms with Crippen LogP contribution in [0.5, 0.6) is 0 Å². The first kappa shape index (κ1) is 17.0. The van der Waals surface area contributed by atoms with Gasteiger partial charge in [0.15, 0.2) is 11.8 Å². The average Bonchev–Trinajstić information content (AvgIpc) is 2.85. The standard InChI is InChI=1S/C16H16N2O7/c1-8(19)12-10-7-11(20)13(17(10)14(12)21)16(22)25-15(18(23)24)9-5-3-2-4-6-9/h2-6,8,10,12-13,15,19H,7H2,1H3. The van der Waals surface area contributed by atoms with Crippen molar-refractivity contribution in [1.29, 1.82) is 0 Å². The summed E-state index contributed by atoms with van der Waals surface area (Å²) in [6.07, 6.45) is -2.77. The lowest BCUT2D eigenvalue weighted by atomic mass is 9.84. The van der Waals surface area contributed by atoms with Crippen LogP contribution in [0.25, 0.3) is 0 Å². The van der Waals surface area contributed by atoms with Gasteiger partial charge >= 0.3 is 12.2 Å². The number of rotatable bonds is 5. The van der Waals surface area contributed by atoms with Crippen LogP contribution < -0.4 is 0 Å². The maximum atomic E-state index is 12.4. The second-order valence-corrected chi connectivity index (χ2v) is 6.14. The molecule has 25 heavy (non-hydrogen) atoms. The highest BCUT2D eigenvalue weighted by Crippen LogP contribution is 2.40. The molecule has 0 saturated carbocycles. The van der Waals surface area contributed by atoms with Crippen LogP contribution in [0.3, 0.4) is 0 Å². The van der Waals surface area contributed by atoms with Gasteiger partial charge in [-0.15, -0.1) is 0 Å². The van der Waals surface area contributed by atoms with Crippen molar-refractivity contribution in [3.8, 4) is 0 Å². The van der Waals surface area contributed by atoms with E-state index in [9.17, 15) is 29.6 Å². The Morgan fingerprint density at radius 2 is 2.00 bits per heavy atom. The number of nitro groups is 1. The van der Waals surface area contributed by atoms with Gasteiger partial charge in [0.2, 0.25) is 5.91 Å². The Hall–Kier alpha value is -2.81. The normalized spacial score (nSPS) is 27.3. The molecule has 9 nitrogen and oxygen atoms in total. The average molecular weight is 348 g/mol. The Morgan fingerprint density at radius 1 is 1.36 bits per heavy atom. The van der Waals surface area contributed by atoms with E-state index in [2.05, 4.69) is 0 Å². The number of Topliss-reactive ketones (excluding diaryl/α,β-unsaturated/α-hetero) is 1. The van der Waals surface area contributed by atoms with Gasteiger partial charge in [-0.25, -0.2) is 4.79 Å². The fraction of sp³-hybridized carbons (Fsp3) is 0.438. The molecule has 5 atom stereocenters. The SMILES string of the molecule is CC(O)C1C(=O)N2C(C(=O)OC(c3ccccc3)[N+](=O)[O-])C(=O)CC12. The highest BCUT2D eigenvalue weighted by molar-refractivity contribution is 6.11. The summed E-state index contributed by atoms with van der Waals surface area (Å²) in [5.74, 6) is -2.93. The number of benzene rings is 1. The van der Waals surface area contributed by atoms with E-state index in [1.54, 1.807) is 18.2 Å². The monoisotopic (exact) mass is 348 g/mol. The van der Waals surface area contributed by atoms with Gasteiger partial charge in [0.05, 0.1) is 28.6 Å². The number of β-lactam (4-membered cyclic amide) rings is 1. The van der Waals surface area contributed by atoms with E-state index in [-0.39, 0.29) is 12.0 Å².